The molecule has 2 rings (SSSR count). The summed E-state index contributed by atoms with van der Waals surface area (Å²) in [5.74, 6) is -0.779. The molecular weight excluding hydrogens is 238 g/mol. The van der Waals surface area contributed by atoms with Crippen molar-refractivity contribution in [2.45, 2.75) is 19.9 Å². The van der Waals surface area contributed by atoms with Crippen molar-refractivity contribution in [3.63, 3.8) is 0 Å². The number of benzene rings is 1. The van der Waals surface area contributed by atoms with Gasteiger partial charge in [-0.05, 0) is 25.1 Å². The molecule has 5 heteroatoms. The van der Waals surface area contributed by atoms with Gasteiger partial charge in [0, 0.05) is 0 Å². The third kappa shape index (κ3) is 2.73. The van der Waals surface area contributed by atoms with Gasteiger partial charge in [0.1, 0.15) is 11.6 Å². The van der Waals surface area contributed by atoms with E-state index in [0.29, 0.717) is 12.4 Å². The van der Waals surface area contributed by atoms with Gasteiger partial charge in [-0.25, -0.2) is 13.8 Å². The minimum Gasteiger partial charge on any atom is -0.439 e. The highest BCUT2D eigenvalue weighted by Gasteiger charge is 2.15. The Kier molecular flexibility index (Phi) is 4.04. The van der Waals surface area contributed by atoms with Gasteiger partial charge in [0.25, 0.3) is 0 Å². The SMILES string of the molecule is CCCNCc1ncc(-c2c(F)cccc2F)o1. The molecule has 0 fully saturated rings. The van der Waals surface area contributed by atoms with Crippen LogP contribution in [0.25, 0.3) is 11.3 Å². The maximum atomic E-state index is 13.5. The van der Waals surface area contributed by atoms with Crippen LogP contribution in [0.1, 0.15) is 19.2 Å². The van der Waals surface area contributed by atoms with Gasteiger partial charge in [-0.1, -0.05) is 13.0 Å². The molecule has 1 aromatic carbocycles. The minimum absolute atomic E-state index is 0.110. The van der Waals surface area contributed by atoms with Crippen LogP contribution in [0.3, 0.4) is 0 Å². The predicted molar refractivity (Wildman–Crippen MR) is 63.9 cm³/mol. The average Bonchev–Trinajstić information content (AvgIpc) is 2.78. The summed E-state index contributed by atoms with van der Waals surface area (Å²) in [5.41, 5.74) is -0.174. The zero-order valence-corrected chi connectivity index (χ0v) is 10.0. The first-order chi connectivity index (χ1) is 8.72. The van der Waals surface area contributed by atoms with E-state index in [1.54, 1.807) is 0 Å². The van der Waals surface area contributed by atoms with Gasteiger partial charge in [0.05, 0.1) is 18.3 Å². The zero-order chi connectivity index (χ0) is 13.0. The molecule has 1 heterocycles. The van der Waals surface area contributed by atoms with Crippen molar-refractivity contribution < 1.29 is 13.2 Å². The van der Waals surface area contributed by atoms with Gasteiger partial charge in [0.2, 0.25) is 5.89 Å². The Bertz CT molecular complexity index is 505. The molecular formula is C13H14F2N2O. The van der Waals surface area contributed by atoms with Crippen LogP contribution in [0, 0.1) is 11.6 Å². The summed E-state index contributed by atoms with van der Waals surface area (Å²) < 4.78 is 32.3. The van der Waals surface area contributed by atoms with Gasteiger partial charge in [0.15, 0.2) is 5.76 Å². The molecule has 0 spiro atoms. The number of hydrogen-bond acceptors (Lipinski definition) is 3. The van der Waals surface area contributed by atoms with Gasteiger partial charge in [-0.3, -0.25) is 0 Å². The first kappa shape index (κ1) is 12.7. The van der Waals surface area contributed by atoms with E-state index in [4.69, 9.17) is 4.42 Å². The fourth-order valence-electron chi connectivity index (χ4n) is 1.61. The number of aromatic nitrogens is 1. The Balaban J connectivity index is 2.19. The summed E-state index contributed by atoms with van der Waals surface area (Å²) in [5, 5.41) is 3.10. The second kappa shape index (κ2) is 5.73. The summed E-state index contributed by atoms with van der Waals surface area (Å²) >= 11 is 0. The average molecular weight is 252 g/mol. The molecule has 0 saturated carbocycles. The van der Waals surface area contributed by atoms with Crippen LogP contribution in [0.4, 0.5) is 8.78 Å². The van der Waals surface area contributed by atoms with E-state index in [9.17, 15) is 8.78 Å². The van der Waals surface area contributed by atoms with E-state index < -0.39 is 11.6 Å². The van der Waals surface area contributed by atoms with Gasteiger partial charge < -0.3 is 9.73 Å². The lowest BCUT2D eigenvalue weighted by Gasteiger charge is -2.00. The Labute approximate surface area is 104 Å². The van der Waals surface area contributed by atoms with Crippen LogP contribution in [-0.4, -0.2) is 11.5 Å². The molecule has 1 aromatic heterocycles. The summed E-state index contributed by atoms with van der Waals surface area (Å²) in [6, 6.07) is 3.69. The number of halogens is 2. The molecule has 0 atom stereocenters. The Hall–Kier alpha value is -1.75. The van der Waals surface area contributed by atoms with E-state index in [-0.39, 0.29) is 11.3 Å². The second-order valence-electron chi connectivity index (χ2n) is 3.89. The molecule has 96 valence electrons. The molecule has 1 N–H and O–H groups in total. The fourth-order valence-corrected chi connectivity index (χ4v) is 1.61. The van der Waals surface area contributed by atoms with Crippen molar-refractivity contribution in [3.8, 4) is 11.3 Å². The fraction of sp³-hybridized carbons (Fsp3) is 0.308. The van der Waals surface area contributed by atoms with Crippen molar-refractivity contribution in [1.29, 1.82) is 0 Å². The Morgan fingerprint density at radius 3 is 2.67 bits per heavy atom. The molecule has 0 unspecified atom stereocenters. The minimum atomic E-state index is -0.654. The highest BCUT2D eigenvalue weighted by atomic mass is 19.1. The smallest absolute Gasteiger partial charge is 0.208 e. The topological polar surface area (TPSA) is 38.1 Å². The van der Waals surface area contributed by atoms with E-state index in [1.165, 1.54) is 24.4 Å². The second-order valence-corrected chi connectivity index (χ2v) is 3.89. The van der Waals surface area contributed by atoms with Crippen LogP contribution >= 0.6 is 0 Å². The molecule has 0 radical (unpaired) electrons. The molecule has 0 aliphatic heterocycles. The van der Waals surface area contributed by atoms with Crippen LogP contribution in [0.2, 0.25) is 0 Å². The van der Waals surface area contributed by atoms with Crippen molar-refractivity contribution >= 4 is 0 Å². The summed E-state index contributed by atoms with van der Waals surface area (Å²) in [6.45, 7) is 3.33. The molecule has 3 nitrogen and oxygen atoms in total. The number of nitrogens with zero attached hydrogens (tertiary/aromatic N) is 1. The molecule has 0 saturated heterocycles. The van der Waals surface area contributed by atoms with Crippen LogP contribution in [0.15, 0.2) is 28.8 Å². The number of oxazole rings is 1. The largest absolute Gasteiger partial charge is 0.439 e. The Morgan fingerprint density at radius 2 is 2.00 bits per heavy atom. The normalized spacial score (nSPS) is 10.8. The zero-order valence-electron chi connectivity index (χ0n) is 10.0. The summed E-state index contributed by atoms with van der Waals surface area (Å²) in [4.78, 5) is 3.98. The van der Waals surface area contributed by atoms with Crippen LogP contribution < -0.4 is 5.32 Å². The van der Waals surface area contributed by atoms with Crippen molar-refractivity contribution in [1.82, 2.24) is 10.3 Å². The number of nitrogens with one attached hydrogen (secondary N) is 1. The van der Waals surface area contributed by atoms with Crippen LogP contribution in [0.5, 0.6) is 0 Å². The maximum absolute atomic E-state index is 13.5. The Morgan fingerprint density at radius 1 is 1.28 bits per heavy atom. The third-order valence-electron chi connectivity index (χ3n) is 2.47. The van der Waals surface area contributed by atoms with E-state index in [1.807, 2.05) is 6.92 Å². The highest BCUT2D eigenvalue weighted by molar-refractivity contribution is 5.57. The number of hydrogen-bond donors (Lipinski definition) is 1. The molecule has 0 bridgehead atoms. The van der Waals surface area contributed by atoms with E-state index >= 15 is 0 Å². The molecule has 18 heavy (non-hydrogen) atoms. The van der Waals surface area contributed by atoms with Gasteiger partial charge in [-0.15, -0.1) is 0 Å². The first-order valence-corrected chi connectivity index (χ1v) is 5.82. The number of rotatable bonds is 5. The lowest BCUT2D eigenvalue weighted by molar-refractivity contribution is 0.471. The first-order valence-electron chi connectivity index (χ1n) is 5.82. The van der Waals surface area contributed by atoms with Gasteiger partial charge >= 0.3 is 0 Å². The van der Waals surface area contributed by atoms with Crippen LogP contribution in [-0.2, 0) is 6.54 Å². The summed E-state index contributed by atoms with van der Waals surface area (Å²) in [7, 11) is 0. The standard InChI is InChI=1S/C13H14F2N2O/c1-2-6-16-8-12-17-7-11(18-12)13-9(14)4-3-5-10(13)15/h3-5,7,16H,2,6,8H2,1H3. The molecule has 0 amide bonds. The maximum Gasteiger partial charge on any atom is 0.208 e. The summed E-state index contributed by atoms with van der Waals surface area (Å²) in [6.07, 6.45) is 2.33. The van der Waals surface area contributed by atoms with Gasteiger partial charge in [-0.2, -0.15) is 0 Å². The highest BCUT2D eigenvalue weighted by Crippen LogP contribution is 2.26. The predicted octanol–water partition coefficient (Wildman–Crippen LogP) is 3.12. The third-order valence-corrected chi connectivity index (χ3v) is 2.47. The monoisotopic (exact) mass is 252 g/mol. The lowest BCUT2D eigenvalue weighted by atomic mass is 10.1. The van der Waals surface area contributed by atoms with Crippen molar-refractivity contribution in [3.05, 3.63) is 41.9 Å². The quantitative estimate of drug-likeness (QED) is 0.831. The van der Waals surface area contributed by atoms with E-state index in [2.05, 4.69) is 10.3 Å². The lowest BCUT2D eigenvalue weighted by Crippen LogP contribution is -2.13. The van der Waals surface area contributed by atoms with Crippen molar-refractivity contribution in [2.75, 3.05) is 6.54 Å². The molecule has 0 aliphatic rings. The molecule has 0 aliphatic carbocycles. The molecule has 2 aromatic rings. The van der Waals surface area contributed by atoms with E-state index in [0.717, 1.165) is 13.0 Å². The van der Waals surface area contributed by atoms with Crippen molar-refractivity contribution in [2.24, 2.45) is 0 Å².